The quantitative estimate of drug-likeness (QED) is 0.202. The summed E-state index contributed by atoms with van der Waals surface area (Å²) in [5.74, 6) is -5.79. The van der Waals surface area contributed by atoms with Crippen molar-refractivity contribution in [3.63, 3.8) is 0 Å². The van der Waals surface area contributed by atoms with Crippen LogP contribution in [0.1, 0.15) is 48.5 Å². The molecular formula is C26H37NO17. The van der Waals surface area contributed by atoms with Gasteiger partial charge in [-0.2, -0.15) is 0 Å². The Morgan fingerprint density at radius 2 is 0.841 bits per heavy atom. The molecule has 0 aromatic rings. The Hall–Kier alpha value is -3.87. The first-order valence-corrected chi connectivity index (χ1v) is 13.3. The van der Waals surface area contributed by atoms with E-state index in [4.69, 9.17) is 53.1 Å². The summed E-state index contributed by atoms with van der Waals surface area (Å²) >= 11 is 0. The van der Waals surface area contributed by atoms with Gasteiger partial charge in [-0.15, -0.1) is 0 Å². The van der Waals surface area contributed by atoms with Crippen LogP contribution in [0.5, 0.6) is 0 Å². The molecule has 2 N–H and O–H groups in total. The van der Waals surface area contributed by atoms with Gasteiger partial charge in [0.05, 0.1) is 0 Å². The molecule has 2 saturated heterocycles. The van der Waals surface area contributed by atoms with Crippen molar-refractivity contribution in [2.45, 2.75) is 110 Å². The first kappa shape index (κ1) is 36.3. The minimum absolute atomic E-state index is 0.510. The van der Waals surface area contributed by atoms with Crippen LogP contribution in [-0.4, -0.2) is 116 Å². The van der Waals surface area contributed by atoms with Gasteiger partial charge < -0.3 is 53.1 Å². The predicted octanol–water partition coefficient (Wildman–Crippen LogP) is -1.44. The Morgan fingerprint density at radius 3 is 1.27 bits per heavy atom. The highest BCUT2D eigenvalue weighted by Crippen LogP contribution is 2.34. The summed E-state index contributed by atoms with van der Waals surface area (Å²) in [7, 11) is 0. The lowest BCUT2D eigenvalue weighted by molar-refractivity contribution is -0.344. The summed E-state index contributed by atoms with van der Waals surface area (Å²) in [6.45, 7) is 6.39. The number of hydrogen-bond donors (Lipinski definition) is 1. The van der Waals surface area contributed by atoms with Crippen LogP contribution in [0.2, 0.25) is 0 Å². The van der Waals surface area contributed by atoms with Crippen LogP contribution in [0.15, 0.2) is 0 Å². The lowest BCUT2D eigenvalue weighted by atomic mass is 9.95. The molecule has 2 aliphatic rings. The van der Waals surface area contributed by atoms with Gasteiger partial charge in [0.2, 0.25) is 0 Å². The molecule has 18 heteroatoms. The molecule has 0 saturated carbocycles. The molecule has 10 atom stereocenters. The molecule has 0 radical (unpaired) electrons. The predicted molar refractivity (Wildman–Crippen MR) is 137 cm³/mol. The minimum atomic E-state index is -1.76. The first-order chi connectivity index (χ1) is 20.5. The van der Waals surface area contributed by atoms with Gasteiger partial charge >= 0.3 is 41.8 Å². The fourth-order valence-electron chi connectivity index (χ4n) is 4.55. The molecule has 2 heterocycles. The Kier molecular flexibility index (Phi) is 13.4. The van der Waals surface area contributed by atoms with Gasteiger partial charge in [-0.3, -0.25) is 33.6 Å². The normalized spacial score (nSPS) is 31.5. The van der Waals surface area contributed by atoms with Crippen LogP contribution in [-0.2, 0) is 80.9 Å². The number of ether oxygens (including phenoxy) is 10. The average molecular weight is 636 g/mol. The zero-order valence-corrected chi connectivity index (χ0v) is 25.2. The standard InChI is InChI=1S/C26H37NO17/c1-10(28)35-8-17-20(21(38-13(4)31)23(25(27)42-17)40-15(6)33)44-26-24(41-16(7)34)22(39-14(5)32)19(37-12(3)30)18(43-26)9-36-11(2)29/h17-26H,8-9,27H2,1-7H3/t17?,18?,19-,20+,21+,22-,23?,24?,25+,26-/m0/s1. The molecule has 4 unspecified atom stereocenters. The van der Waals surface area contributed by atoms with E-state index in [1.807, 2.05) is 0 Å². The Labute approximate surface area is 251 Å². The van der Waals surface area contributed by atoms with E-state index in [1.165, 1.54) is 0 Å². The van der Waals surface area contributed by atoms with E-state index in [0.29, 0.717) is 0 Å². The van der Waals surface area contributed by atoms with Crippen molar-refractivity contribution in [1.82, 2.24) is 0 Å². The lowest BCUT2D eigenvalue weighted by Crippen LogP contribution is -2.68. The molecule has 0 aliphatic carbocycles. The second kappa shape index (κ2) is 16.3. The summed E-state index contributed by atoms with van der Waals surface area (Å²) < 4.78 is 54.8. The van der Waals surface area contributed by atoms with Crippen LogP contribution < -0.4 is 5.73 Å². The summed E-state index contributed by atoms with van der Waals surface area (Å²) in [5.41, 5.74) is 6.07. The van der Waals surface area contributed by atoms with Crippen molar-refractivity contribution in [3.8, 4) is 0 Å². The number of esters is 7. The second-order valence-electron chi connectivity index (χ2n) is 9.76. The number of carbonyl (C=O) groups excluding carboxylic acids is 7. The van der Waals surface area contributed by atoms with Crippen LogP contribution in [0, 0.1) is 0 Å². The smallest absolute Gasteiger partial charge is 0.303 e. The maximum atomic E-state index is 12.2. The molecule has 0 amide bonds. The summed E-state index contributed by atoms with van der Waals surface area (Å²) in [6.07, 6.45) is -15.1. The largest absolute Gasteiger partial charge is 0.463 e. The zero-order valence-electron chi connectivity index (χ0n) is 25.2. The maximum absolute atomic E-state index is 12.2. The van der Waals surface area contributed by atoms with E-state index in [0.717, 1.165) is 48.5 Å². The van der Waals surface area contributed by atoms with E-state index < -0.39 is 116 Å². The summed E-state index contributed by atoms with van der Waals surface area (Å²) in [4.78, 5) is 83.6. The molecule has 0 aromatic carbocycles. The van der Waals surface area contributed by atoms with Gasteiger partial charge in [0.25, 0.3) is 0 Å². The topological polar surface area (TPSA) is 238 Å². The molecule has 2 aliphatic heterocycles. The highest BCUT2D eigenvalue weighted by Gasteiger charge is 2.57. The van der Waals surface area contributed by atoms with Gasteiger partial charge in [0.15, 0.2) is 36.8 Å². The van der Waals surface area contributed by atoms with Crippen LogP contribution in [0.3, 0.4) is 0 Å². The third kappa shape index (κ3) is 10.7. The highest BCUT2D eigenvalue weighted by atomic mass is 16.8. The number of hydrogen-bond acceptors (Lipinski definition) is 18. The van der Waals surface area contributed by atoms with Crippen molar-refractivity contribution < 1.29 is 80.9 Å². The van der Waals surface area contributed by atoms with Crippen molar-refractivity contribution >= 4 is 41.8 Å². The number of rotatable bonds is 11. The van der Waals surface area contributed by atoms with Crippen LogP contribution in [0.25, 0.3) is 0 Å². The van der Waals surface area contributed by atoms with Crippen molar-refractivity contribution in [2.24, 2.45) is 5.73 Å². The molecule has 0 aromatic heterocycles. The van der Waals surface area contributed by atoms with Crippen molar-refractivity contribution in [3.05, 3.63) is 0 Å². The lowest BCUT2D eigenvalue weighted by Gasteiger charge is -2.48. The molecular weight excluding hydrogens is 598 g/mol. The second-order valence-corrected chi connectivity index (χ2v) is 9.76. The van der Waals surface area contributed by atoms with Crippen molar-refractivity contribution in [1.29, 1.82) is 0 Å². The van der Waals surface area contributed by atoms with Crippen LogP contribution >= 0.6 is 0 Å². The molecule has 0 bridgehead atoms. The minimum Gasteiger partial charge on any atom is -0.463 e. The number of nitrogens with two attached hydrogens (primary N) is 1. The fraction of sp³-hybridized carbons (Fsp3) is 0.731. The molecule has 2 rings (SSSR count). The molecule has 2 fully saturated rings. The number of carbonyl (C=O) groups is 7. The van der Waals surface area contributed by atoms with Gasteiger partial charge in [0.1, 0.15) is 37.8 Å². The van der Waals surface area contributed by atoms with Gasteiger partial charge in [-0.25, -0.2) is 0 Å². The van der Waals surface area contributed by atoms with Crippen molar-refractivity contribution in [2.75, 3.05) is 13.2 Å². The Bertz CT molecular complexity index is 1090. The molecule has 248 valence electrons. The average Bonchev–Trinajstić information content (AvgIpc) is 2.87. The highest BCUT2D eigenvalue weighted by molar-refractivity contribution is 5.69. The zero-order chi connectivity index (χ0) is 33.3. The monoisotopic (exact) mass is 635 g/mol. The van der Waals surface area contributed by atoms with E-state index in [2.05, 4.69) is 0 Å². The molecule has 0 spiro atoms. The summed E-state index contributed by atoms with van der Waals surface area (Å²) in [6, 6.07) is 0. The summed E-state index contributed by atoms with van der Waals surface area (Å²) in [5, 5.41) is 0. The van der Waals surface area contributed by atoms with Gasteiger partial charge in [-0.05, 0) is 0 Å². The van der Waals surface area contributed by atoms with Gasteiger partial charge in [-0.1, -0.05) is 0 Å². The first-order valence-electron chi connectivity index (χ1n) is 13.3. The SMILES string of the molecule is CC(=O)OCC1O[C@@H](N)C(OC(C)=O)[C@H](OC(C)=O)[C@@H]1O[C@@H]1OC(COC(C)=O)[C@H](OC(C)=O)[C@H](OC(C)=O)C1OC(C)=O. The van der Waals surface area contributed by atoms with E-state index in [-0.39, 0.29) is 0 Å². The van der Waals surface area contributed by atoms with Crippen LogP contribution in [0.4, 0.5) is 0 Å². The van der Waals surface area contributed by atoms with E-state index >= 15 is 0 Å². The van der Waals surface area contributed by atoms with Gasteiger partial charge in [0, 0.05) is 48.5 Å². The molecule has 18 nitrogen and oxygen atoms in total. The maximum Gasteiger partial charge on any atom is 0.303 e. The Morgan fingerprint density at radius 1 is 0.477 bits per heavy atom. The third-order valence-corrected chi connectivity index (χ3v) is 5.96. The van der Waals surface area contributed by atoms with E-state index in [1.54, 1.807) is 0 Å². The Balaban J connectivity index is 2.66. The third-order valence-electron chi connectivity index (χ3n) is 5.96. The van der Waals surface area contributed by atoms with E-state index in [9.17, 15) is 33.6 Å². The molecule has 44 heavy (non-hydrogen) atoms. The fourth-order valence-corrected chi connectivity index (χ4v) is 4.55.